The van der Waals surface area contributed by atoms with Gasteiger partial charge in [0.2, 0.25) is 0 Å². The summed E-state index contributed by atoms with van der Waals surface area (Å²) in [6.07, 6.45) is 0.496. The first-order valence-electron chi connectivity index (χ1n) is 7.42. The van der Waals surface area contributed by atoms with Crippen molar-refractivity contribution in [2.24, 2.45) is 0 Å². The second-order valence-electron chi connectivity index (χ2n) is 5.50. The van der Waals surface area contributed by atoms with Crippen molar-refractivity contribution in [1.82, 2.24) is 0 Å². The van der Waals surface area contributed by atoms with Crippen molar-refractivity contribution >= 4 is 22.5 Å². The molecule has 0 aromatic heterocycles. The van der Waals surface area contributed by atoms with Crippen LogP contribution >= 0.6 is 0 Å². The van der Waals surface area contributed by atoms with Crippen LogP contribution in [-0.4, -0.2) is 23.0 Å². The zero-order valence-electron chi connectivity index (χ0n) is 12.8. The van der Waals surface area contributed by atoms with Gasteiger partial charge >= 0.3 is 5.97 Å². The fourth-order valence-electron chi connectivity index (χ4n) is 2.42. The Hall–Kier alpha value is -2.36. The largest absolute Gasteiger partial charge is 0.490 e. The molecular weight excluding hydrogens is 280 g/mol. The van der Waals surface area contributed by atoms with E-state index in [0.29, 0.717) is 17.7 Å². The molecule has 0 amide bonds. The van der Waals surface area contributed by atoms with Gasteiger partial charge in [0.15, 0.2) is 5.78 Å². The van der Waals surface area contributed by atoms with Gasteiger partial charge in [-0.15, -0.1) is 0 Å². The van der Waals surface area contributed by atoms with E-state index >= 15 is 0 Å². The van der Waals surface area contributed by atoms with Gasteiger partial charge in [0.05, 0.1) is 11.7 Å². The molecule has 0 unspecified atom stereocenters. The van der Waals surface area contributed by atoms with Crippen LogP contribution < -0.4 is 4.74 Å². The van der Waals surface area contributed by atoms with Crippen molar-refractivity contribution in [3.8, 4) is 5.75 Å². The molecule has 4 heteroatoms. The highest BCUT2D eigenvalue weighted by Gasteiger charge is 2.17. The van der Waals surface area contributed by atoms with Gasteiger partial charge in [0.1, 0.15) is 5.75 Å². The summed E-state index contributed by atoms with van der Waals surface area (Å²) in [7, 11) is 0. The van der Waals surface area contributed by atoms with Gasteiger partial charge in [-0.05, 0) is 37.1 Å². The molecule has 0 saturated heterocycles. The molecule has 1 N–H and O–H groups in total. The highest BCUT2D eigenvalue weighted by Crippen LogP contribution is 2.30. The van der Waals surface area contributed by atoms with E-state index in [1.807, 2.05) is 50.2 Å². The number of ether oxygens (including phenoxy) is 1. The molecule has 0 spiro atoms. The molecule has 0 fully saturated rings. The minimum absolute atomic E-state index is 0.00310. The smallest absolute Gasteiger partial charge is 0.303 e. The Morgan fingerprint density at radius 2 is 1.82 bits per heavy atom. The molecule has 0 bridgehead atoms. The number of carbonyl (C=O) groups excluding carboxylic acids is 1. The normalized spacial score (nSPS) is 10.9. The van der Waals surface area contributed by atoms with E-state index in [1.165, 1.54) is 0 Å². The number of hydrogen-bond acceptors (Lipinski definition) is 3. The zero-order chi connectivity index (χ0) is 16.1. The SMILES string of the molecule is CC(C)Oc1ccc2ccccc2c1C(=O)CCCC(=O)O. The van der Waals surface area contributed by atoms with E-state index < -0.39 is 5.97 Å². The molecule has 0 heterocycles. The summed E-state index contributed by atoms with van der Waals surface area (Å²) in [4.78, 5) is 23.2. The molecule has 0 radical (unpaired) electrons. The van der Waals surface area contributed by atoms with Crippen LogP contribution in [0, 0.1) is 0 Å². The summed E-state index contributed by atoms with van der Waals surface area (Å²) >= 11 is 0. The molecule has 0 atom stereocenters. The van der Waals surface area contributed by atoms with E-state index in [1.54, 1.807) is 0 Å². The number of Topliss-reactive ketones (excluding diaryl/α,β-unsaturated/α-hetero) is 1. The van der Waals surface area contributed by atoms with Crippen molar-refractivity contribution in [2.45, 2.75) is 39.2 Å². The number of hydrogen-bond donors (Lipinski definition) is 1. The highest BCUT2D eigenvalue weighted by molar-refractivity contribution is 6.10. The molecule has 2 aromatic carbocycles. The Kier molecular flexibility index (Phi) is 5.15. The Morgan fingerprint density at radius 1 is 1.09 bits per heavy atom. The van der Waals surface area contributed by atoms with Crippen LogP contribution in [0.4, 0.5) is 0 Å². The Balaban J connectivity index is 2.38. The molecule has 22 heavy (non-hydrogen) atoms. The summed E-state index contributed by atoms with van der Waals surface area (Å²) in [5, 5.41) is 10.5. The van der Waals surface area contributed by atoms with E-state index in [-0.39, 0.29) is 24.7 Å². The van der Waals surface area contributed by atoms with Gasteiger partial charge in [0.25, 0.3) is 0 Å². The first-order valence-corrected chi connectivity index (χ1v) is 7.42. The molecule has 2 aromatic rings. The monoisotopic (exact) mass is 300 g/mol. The number of carboxylic acid groups (broad SMARTS) is 1. The van der Waals surface area contributed by atoms with Crippen LogP contribution in [-0.2, 0) is 4.79 Å². The zero-order valence-corrected chi connectivity index (χ0v) is 12.8. The number of benzene rings is 2. The van der Waals surface area contributed by atoms with E-state index in [4.69, 9.17) is 9.84 Å². The molecule has 0 saturated carbocycles. The van der Waals surface area contributed by atoms with E-state index in [2.05, 4.69) is 0 Å². The molecule has 0 aliphatic rings. The topological polar surface area (TPSA) is 63.6 Å². The van der Waals surface area contributed by atoms with Gasteiger partial charge in [-0.2, -0.15) is 0 Å². The Labute approximate surface area is 129 Å². The maximum Gasteiger partial charge on any atom is 0.303 e. The summed E-state index contributed by atoms with van der Waals surface area (Å²) < 4.78 is 5.76. The number of carbonyl (C=O) groups is 2. The lowest BCUT2D eigenvalue weighted by atomic mass is 9.97. The van der Waals surface area contributed by atoms with E-state index in [0.717, 1.165) is 10.8 Å². The number of ketones is 1. The molecular formula is C18H20O4. The van der Waals surface area contributed by atoms with Gasteiger partial charge in [-0.1, -0.05) is 30.3 Å². The first-order chi connectivity index (χ1) is 10.5. The van der Waals surface area contributed by atoms with E-state index in [9.17, 15) is 9.59 Å². The number of carboxylic acids is 1. The van der Waals surface area contributed by atoms with Crippen molar-refractivity contribution in [3.05, 3.63) is 42.0 Å². The first kappa shape index (κ1) is 16.0. The second-order valence-corrected chi connectivity index (χ2v) is 5.50. The maximum absolute atomic E-state index is 12.6. The summed E-state index contributed by atoms with van der Waals surface area (Å²) in [5.41, 5.74) is 0.553. The van der Waals surface area contributed by atoms with Crippen LogP contribution in [0.25, 0.3) is 10.8 Å². The summed E-state index contributed by atoms with van der Waals surface area (Å²) in [5.74, 6) is -0.396. The predicted molar refractivity (Wildman–Crippen MR) is 85.5 cm³/mol. The Bertz CT molecular complexity index is 689. The van der Waals surface area contributed by atoms with Crippen molar-refractivity contribution in [3.63, 3.8) is 0 Å². The third-order valence-electron chi connectivity index (χ3n) is 3.33. The summed E-state index contributed by atoms with van der Waals surface area (Å²) in [6, 6.07) is 11.4. The van der Waals surface area contributed by atoms with Crippen molar-refractivity contribution < 1.29 is 19.4 Å². The third-order valence-corrected chi connectivity index (χ3v) is 3.33. The molecule has 0 aliphatic carbocycles. The van der Waals surface area contributed by atoms with Crippen LogP contribution in [0.5, 0.6) is 5.75 Å². The molecule has 116 valence electrons. The lowest BCUT2D eigenvalue weighted by molar-refractivity contribution is -0.137. The van der Waals surface area contributed by atoms with Crippen molar-refractivity contribution in [2.75, 3.05) is 0 Å². The van der Waals surface area contributed by atoms with Crippen LogP contribution in [0.3, 0.4) is 0 Å². The minimum atomic E-state index is -0.885. The quantitative estimate of drug-likeness (QED) is 0.783. The highest BCUT2D eigenvalue weighted by atomic mass is 16.5. The fraction of sp³-hybridized carbons (Fsp3) is 0.333. The molecule has 2 rings (SSSR count). The Morgan fingerprint density at radius 3 is 2.50 bits per heavy atom. The van der Waals surface area contributed by atoms with Gasteiger partial charge in [-0.3, -0.25) is 9.59 Å². The summed E-state index contributed by atoms with van der Waals surface area (Å²) in [6.45, 7) is 3.82. The lowest BCUT2D eigenvalue weighted by Crippen LogP contribution is -2.11. The predicted octanol–water partition coefficient (Wildman–Crippen LogP) is 4.06. The lowest BCUT2D eigenvalue weighted by Gasteiger charge is -2.15. The van der Waals surface area contributed by atoms with Crippen LogP contribution in [0.2, 0.25) is 0 Å². The second kappa shape index (κ2) is 7.07. The third kappa shape index (κ3) is 3.85. The maximum atomic E-state index is 12.6. The minimum Gasteiger partial charge on any atom is -0.490 e. The fourth-order valence-corrected chi connectivity index (χ4v) is 2.42. The average Bonchev–Trinajstić information content (AvgIpc) is 2.45. The van der Waals surface area contributed by atoms with Crippen molar-refractivity contribution in [1.29, 1.82) is 0 Å². The standard InChI is InChI=1S/C18H20O4/c1-12(2)22-16-11-10-13-6-3-4-7-14(13)18(16)15(19)8-5-9-17(20)21/h3-4,6-7,10-12H,5,8-9H2,1-2H3,(H,20,21). The van der Waals surface area contributed by atoms with Crippen LogP contribution in [0.1, 0.15) is 43.5 Å². The number of fused-ring (bicyclic) bond motifs is 1. The number of aliphatic carboxylic acids is 1. The number of rotatable bonds is 7. The van der Waals surface area contributed by atoms with Gasteiger partial charge in [0, 0.05) is 12.8 Å². The average molecular weight is 300 g/mol. The molecule has 4 nitrogen and oxygen atoms in total. The van der Waals surface area contributed by atoms with Crippen LogP contribution in [0.15, 0.2) is 36.4 Å². The van der Waals surface area contributed by atoms with Gasteiger partial charge in [-0.25, -0.2) is 0 Å². The molecule has 0 aliphatic heterocycles. The van der Waals surface area contributed by atoms with Gasteiger partial charge < -0.3 is 9.84 Å².